The van der Waals surface area contributed by atoms with Crippen LogP contribution in [0.15, 0.2) is 60.8 Å². The third-order valence-corrected chi connectivity index (χ3v) is 14.7. The van der Waals surface area contributed by atoms with E-state index in [0.717, 1.165) is 70.6 Å². The molecule has 0 heterocycles. The molecule has 0 spiro atoms. The fourth-order valence-electron chi connectivity index (χ4n) is 8.84. The number of allylic oxidation sites excluding steroid dienone is 9. The first-order chi connectivity index (χ1) is 35.9. The van der Waals surface area contributed by atoms with Crippen molar-refractivity contribution in [3.05, 3.63) is 60.8 Å². The summed E-state index contributed by atoms with van der Waals surface area (Å²) < 4.78 is 30.3. The van der Waals surface area contributed by atoms with Gasteiger partial charge in [0.1, 0.15) is 19.3 Å². The molecule has 0 aliphatic carbocycles. The van der Waals surface area contributed by atoms with Crippen LogP contribution in [-0.2, 0) is 27.9 Å². The van der Waals surface area contributed by atoms with Crippen LogP contribution in [-0.4, -0.2) is 69.4 Å². The molecule has 3 unspecified atom stereocenters. The summed E-state index contributed by atoms with van der Waals surface area (Å²) in [6.45, 7) is 6.80. The topological polar surface area (TPSA) is 114 Å². The van der Waals surface area contributed by atoms with Gasteiger partial charge in [-0.15, -0.1) is 0 Å². The molecule has 74 heavy (non-hydrogen) atoms. The van der Waals surface area contributed by atoms with E-state index in [1.54, 1.807) is 0 Å². The van der Waals surface area contributed by atoms with Crippen molar-refractivity contribution in [2.45, 2.75) is 296 Å². The normalized spacial score (nSPS) is 14.1. The van der Waals surface area contributed by atoms with Crippen molar-refractivity contribution in [3.8, 4) is 0 Å². The van der Waals surface area contributed by atoms with Gasteiger partial charge >= 0.3 is 5.97 Å². The van der Waals surface area contributed by atoms with Crippen LogP contribution >= 0.6 is 7.82 Å². The summed E-state index contributed by atoms with van der Waals surface area (Å²) in [6, 6.07) is -0.903. The van der Waals surface area contributed by atoms with E-state index in [4.69, 9.17) is 13.8 Å². The lowest BCUT2D eigenvalue weighted by atomic mass is 10.0. The Balaban J connectivity index is 5.23. The molecule has 0 saturated carbocycles. The lowest BCUT2D eigenvalue weighted by molar-refractivity contribution is -0.870. The lowest BCUT2D eigenvalue weighted by Gasteiger charge is -2.30. The Morgan fingerprint density at radius 1 is 0.486 bits per heavy atom. The van der Waals surface area contributed by atoms with Gasteiger partial charge in [0.2, 0.25) is 5.91 Å². The van der Waals surface area contributed by atoms with Crippen molar-refractivity contribution in [3.63, 3.8) is 0 Å². The minimum atomic E-state index is -4.70. The van der Waals surface area contributed by atoms with Crippen molar-refractivity contribution >= 4 is 19.7 Å². The maximum Gasteiger partial charge on any atom is 0.306 e. The molecule has 0 aliphatic heterocycles. The average Bonchev–Trinajstić information content (AvgIpc) is 3.36. The molecule has 9 nitrogen and oxygen atoms in total. The lowest BCUT2D eigenvalue weighted by Crippen LogP contribution is -2.47. The maximum absolute atomic E-state index is 13.5. The summed E-state index contributed by atoms with van der Waals surface area (Å²) in [5.41, 5.74) is 0. The highest BCUT2D eigenvalue weighted by atomic mass is 31.2. The monoisotopic (exact) mass is 1060 g/mol. The predicted octanol–water partition coefficient (Wildman–Crippen LogP) is 18.4. The molecule has 0 radical (unpaired) electrons. The Morgan fingerprint density at radius 3 is 1.34 bits per heavy atom. The zero-order valence-corrected chi connectivity index (χ0v) is 50.2. The Morgan fingerprint density at radius 2 is 0.865 bits per heavy atom. The highest BCUT2D eigenvalue weighted by molar-refractivity contribution is 7.45. The minimum absolute atomic E-state index is 0.0284. The largest absolute Gasteiger partial charge is 0.756 e. The number of hydrogen-bond donors (Lipinski definition) is 1. The van der Waals surface area contributed by atoms with Crippen LogP contribution in [0.2, 0.25) is 0 Å². The third-order valence-electron chi connectivity index (χ3n) is 13.7. The summed E-state index contributed by atoms with van der Waals surface area (Å²) in [5.74, 6) is -0.570. The van der Waals surface area contributed by atoms with Gasteiger partial charge < -0.3 is 28.5 Å². The summed E-state index contributed by atoms with van der Waals surface area (Å²) in [5, 5.41) is 3.01. The van der Waals surface area contributed by atoms with E-state index in [0.29, 0.717) is 17.4 Å². The Hall–Kier alpha value is -2.29. The number of phosphoric acid groups is 1. The number of esters is 1. The van der Waals surface area contributed by atoms with Gasteiger partial charge in [-0.2, -0.15) is 0 Å². The number of hydrogen-bond acceptors (Lipinski definition) is 7. The second kappa shape index (κ2) is 54.1. The van der Waals surface area contributed by atoms with E-state index in [1.807, 2.05) is 33.3 Å². The van der Waals surface area contributed by atoms with Crippen LogP contribution in [0.25, 0.3) is 0 Å². The Labute approximate surface area is 458 Å². The highest BCUT2D eigenvalue weighted by Gasteiger charge is 2.27. The minimum Gasteiger partial charge on any atom is -0.756 e. The molecular formula is C64H119N2O7P. The first kappa shape index (κ1) is 71.7. The zero-order valence-electron chi connectivity index (χ0n) is 49.3. The molecule has 0 fully saturated rings. The molecule has 0 aromatic heterocycles. The van der Waals surface area contributed by atoms with Crippen LogP contribution < -0.4 is 10.2 Å². The van der Waals surface area contributed by atoms with Crippen LogP contribution in [0.5, 0.6) is 0 Å². The number of rotatable bonds is 56. The summed E-state index contributed by atoms with van der Waals surface area (Å²) in [7, 11) is 1.17. The first-order valence-electron chi connectivity index (χ1n) is 31.1. The van der Waals surface area contributed by atoms with Crippen LogP contribution in [0.4, 0.5) is 0 Å². The smallest absolute Gasteiger partial charge is 0.306 e. The maximum atomic E-state index is 13.5. The van der Waals surface area contributed by atoms with Crippen LogP contribution in [0.3, 0.4) is 0 Å². The molecule has 0 aromatic carbocycles. The number of nitrogens with one attached hydrogen (secondary N) is 1. The predicted molar refractivity (Wildman–Crippen MR) is 316 cm³/mol. The number of unbranched alkanes of at least 4 members (excludes halogenated alkanes) is 33. The molecule has 0 aromatic rings. The van der Waals surface area contributed by atoms with E-state index >= 15 is 0 Å². The van der Waals surface area contributed by atoms with Gasteiger partial charge in [0, 0.05) is 12.8 Å². The zero-order chi connectivity index (χ0) is 54.3. The molecule has 3 atom stereocenters. The molecular weight excluding hydrogens is 940 g/mol. The standard InChI is InChI=1S/C64H119N2O7P/c1-7-10-13-16-19-22-25-27-29-31-32-33-34-35-37-39-42-45-48-51-54-57-64(68)73-62(55-52-49-46-43-40-24-21-18-15-12-9-3)61(60-72-74(69,70)71-59-58-66(4,5)6)65-63(67)56-53-50-47-44-41-38-36-30-28-26-23-20-17-14-11-8-2/h19,22,27,29-30,36,38,41,52,55,61-62H,7-18,20-21,23-26,28,31-35,37,39-40,42-51,53-54,56-60H2,1-6H3,(H-,65,67,69,70)/b22-19-,29-27-,36-30+,41-38+,55-52+. The van der Waals surface area contributed by atoms with E-state index in [1.165, 1.54) is 173 Å². The van der Waals surface area contributed by atoms with Gasteiger partial charge in [-0.3, -0.25) is 14.2 Å². The summed E-state index contributed by atoms with van der Waals surface area (Å²) >= 11 is 0. The number of quaternary nitrogens is 1. The van der Waals surface area contributed by atoms with Crippen molar-refractivity contribution in [1.29, 1.82) is 0 Å². The van der Waals surface area contributed by atoms with Gasteiger partial charge in [-0.05, 0) is 89.5 Å². The van der Waals surface area contributed by atoms with Crippen LogP contribution in [0, 0.1) is 0 Å². The Bertz CT molecular complexity index is 1450. The number of likely N-dealkylation sites (N-methyl/N-ethyl adjacent to an activating group) is 1. The molecule has 0 aliphatic rings. The molecule has 0 bridgehead atoms. The van der Waals surface area contributed by atoms with Gasteiger partial charge in [-0.1, -0.05) is 242 Å². The number of nitrogens with zero attached hydrogens (tertiary/aromatic N) is 1. The van der Waals surface area contributed by atoms with E-state index in [9.17, 15) is 19.0 Å². The van der Waals surface area contributed by atoms with Gasteiger partial charge in [0.25, 0.3) is 7.82 Å². The second-order valence-corrected chi connectivity index (χ2v) is 23.6. The van der Waals surface area contributed by atoms with Crippen molar-refractivity contribution in [2.24, 2.45) is 0 Å². The average molecular weight is 1060 g/mol. The van der Waals surface area contributed by atoms with E-state index in [2.05, 4.69) is 74.7 Å². The quantitative estimate of drug-likeness (QED) is 0.0161. The molecule has 432 valence electrons. The van der Waals surface area contributed by atoms with Gasteiger partial charge in [0.15, 0.2) is 0 Å². The number of carbonyl (C=O) groups excluding carboxylic acids is 2. The summed E-state index contributed by atoms with van der Waals surface area (Å²) in [4.78, 5) is 39.9. The molecule has 0 rings (SSSR count). The number of amides is 1. The molecule has 0 saturated heterocycles. The van der Waals surface area contributed by atoms with E-state index in [-0.39, 0.29) is 31.3 Å². The summed E-state index contributed by atoms with van der Waals surface area (Å²) in [6.07, 6.45) is 67.6. The number of phosphoric ester groups is 1. The van der Waals surface area contributed by atoms with Crippen LogP contribution in [0.1, 0.15) is 284 Å². The first-order valence-corrected chi connectivity index (χ1v) is 32.6. The third kappa shape index (κ3) is 54.5. The molecule has 10 heteroatoms. The number of carbonyl (C=O) groups is 2. The number of ether oxygens (including phenoxy) is 1. The van der Waals surface area contributed by atoms with Crippen molar-refractivity contribution < 1.29 is 37.3 Å². The van der Waals surface area contributed by atoms with Gasteiger partial charge in [-0.25, -0.2) is 0 Å². The highest BCUT2D eigenvalue weighted by Crippen LogP contribution is 2.38. The Kier molecular flexibility index (Phi) is 52.4. The van der Waals surface area contributed by atoms with E-state index < -0.39 is 26.6 Å². The van der Waals surface area contributed by atoms with Gasteiger partial charge in [0.05, 0.1) is 33.8 Å². The fraction of sp³-hybridized carbons (Fsp3) is 0.812. The SMILES string of the molecule is CCCCC/C=C\C/C=C\CCCCCCCCCCCCCC(=O)OC(/C=C/CCCCCCCCCCC)C(COP(=O)([O-])OCC[N+](C)(C)C)NC(=O)CCCCC/C=C/C=C/CCCCCCCCC. The van der Waals surface area contributed by atoms with Crippen molar-refractivity contribution in [1.82, 2.24) is 5.32 Å². The second-order valence-electron chi connectivity index (χ2n) is 22.2. The van der Waals surface area contributed by atoms with Crippen molar-refractivity contribution in [2.75, 3.05) is 40.9 Å². The molecule has 1 N–H and O–H groups in total. The molecule has 1 amide bonds. The fourth-order valence-corrected chi connectivity index (χ4v) is 9.56.